The van der Waals surface area contributed by atoms with Gasteiger partial charge in [-0.25, -0.2) is 4.39 Å². The summed E-state index contributed by atoms with van der Waals surface area (Å²) in [6, 6.07) is 7.75. The summed E-state index contributed by atoms with van der Waals surface area (Å²) < 4.78 is 18.6. The molecule has 2 aromatic rings. The molecule has 2 heterocycles. The van der Waals surface area contributed by atoms with Crippen molar-refractivity contribution in [2.24, 2.45) is 0 Å². The maximum Gasteiger partial charge on any atom is 0.271 e. The molecule has 1 N–H and O–H groups in total. The third-order valence-corrected chi connectivity index (χ3v) is 4.02. The topological polar surface area (TPSA) is 58.2 Å². The highest BCUT2D eigenvalue weighted by Crippen LogP contribution is 2.20. The van der Waals surface area contributed by atoms with Gasteiger partial charge in [0.25, 0.3) is 5.91 Å². The molecule has 6 heteroatoms. The number of nitrogens with one attached hydrogen (secondary N) is 1. The van der Waals surface area contributed by atoms with E-state index in [1.54, 1.807) is 23.1 Å². The Bertz CT molecular complexity index is 667. The summed E-state index contributed by atoms with van der Waals surface area (Å²) in [7, 11) is 0. The fourth-order valence-corrected chi connectivity index (χ4v) is 2.86. The number of hydrogen-bond acceptors (Lipinski definition) is 3. The number of H-pyrrole nitrogens is 1. The van der Waals surface area contributed by atoms with Gasteiger partial charge in [0.1, 0.15) is 11.5 Å². The molecule has 1 saturated heterocycles. The van der Waals surface area contributed by atoms with Gasteiger partial charge in [0, 0.05) is 25.3 Å². The highest BCUT2D eigenvalue weighted by Gasteiger charge is 2.25. The lowest BCUT2D eigenvalue weighted by Crippen LogP contribution is -2.43. The maximum atomic E-state index is 13.0. The number of nitrogens with zero attached hydrogens (tertiary/aromatic N) is 2. The lowest BCUT2D eigenvalue weighted by Gasteiger charge is -2.32. The summed E-state index contributed by atoms with van der Waals surface area (Å²) in [6.45, 7) is 3.96. The van der Waals surface area contributed by atoms with E-state index in [9.17, 15) is 9.18 Å². The highest BCUT2D eigenvalue weighted by molar-refractivity contribution is 5.93. The third-order valence-electron chi connectivity index (χ3n) is 4.02. The largest absolute Gasteiger partial charge is 0.377 e. The van der Waals surface area contributed by atoms with Gasteiger partial charge < -0.3 is 9.64 Å². The van der Waals surface area contributed by atoms with E-state index in [0.717, 1.165) is 24.9 Å². The van der Waals surface area contributed by atoms with Crippen molar-refractivity contribution in [3.8, 4) is 11.3 Å². The summed E-state index contributed by atoms with van der Waals surface area (Å²) >= 11 is 0. The first-order valence-electron chi connectivity index (χ1n) is 7.89. The molecule has 1 unspecified atom stereocenters. The van der Waals surface area contributed by atoms with Crippen molar-refractivity contribution < 1.29 is 13.9 Å². The van der Waals surface area contributed by atoms with E-state index in [1.165, 1.54) is 12.1 Å². The van der Waals surface area contributed by atoms with Crippen LogP contribution in [0.4, 0.5) is 4.39 Å². The Labute approximate surface area is 134 Å². The first-order chi connectivity index (χ1) is 11.2. The van der Waals surface area contributed by atoms with E-state index in [4.69, 9.17) is 4.74 Å². The smallest absolute Gasteiger partial charge is 0.271 e. The number of aromatic amines is 1. The predicted octanol–water partition coefficient (Wildman–Crippen LogP) is 2.86. The molecule has 1 aliphatic rings. The first kappa shape index (κ1) is 15.7. The van der Waals surface area contributed by atoms with Crippen molar-refractivity contribution in [2.75, 3.05) is 19.7 Å². The number of ether oxygens (including phenoxy) is 1. The number of halogens is 1. The molecule has 23 heavy (non-hydrogen) atoms. The summed E-state index contributed by atoms with van der Waals surface area (Å²) in [4.78, 5) is 14.4. The summed E-state index contributed by atoms with van der Waals surface area (Å²) in [5, 5.41) is 6.95. The molecule has 5 nitrogen and oxygen atoms in total. The number of carbonyl (C=O) groups excluding carboxylic acids is 1. The van der Waals surface area contributed by atoms with E-state index < -0.39 is 0 Å². The van der Waals surface area contributed by atoms with Gasteiger partial charge in [-0.2, -0.15) is 5.10 Å². The Morgan fingerprint density at radius 3 is 2.96 bits per heavy atom. The second kappa shape index (κ2) is 6.91. The molecule has 1 atom stereocenters. The number of rotatable bonds is 4. The van der Waals surface area contributed by atoms with Crippen LogP contribution in [-0.4, -0.2) is 46.8 Å². The second-order valence-electron chi connectivity index (χ2n) is 5.64. The van der Waals surface area contributed by atoms with Gasteiger partial charge in [0.05, 0.1) is 11.8 Å². The summed E-state index contributed by atoms with van der Waals surface area (Å²) in [5.74, 6) is -0.369. The van der Waals surface area contributed by atoms with Crippen molar-refractivity contribution >= 4 is 5.91 Å². The molecule has 0 aliphatic carbocycles. The van der Waals surface area contributed by atoms with Gasteiger partial charge in [-0.05, 0) is 50.1 Å². The zero-order valence-electron chi connectivity index (χ0n) is 13.1. The Morgan fingerprint density at radius 2 is 2.22 bits per heavy atom. The lowest BCUT2D eigenvalue weighted by atomic mass is 10.1. The number of hydrogen-bond donors (Lipinski definition) is 1. The van der Waals surface area contributed by atoms with Crippen LogP contribution < -0.4 is 0 Å². The van der Waals surface area contributed by atoms with E-state index in [2.05, 4.69) is 10.2 Å². The minimum absolute atomic E-state index is 0.0738. The number of aromatic nitrogens is 2. The minimum atomic E-state index is -0.295. The quantitative estimate of drug-likeness (QED) is 0.943. The molecule has 1 aromatic heterocycles. The van der Waals surface area contributed by atoms with Crippen molar-refractivity contribution in [2.45, 2.75) is 25.9 Å². The summed E-state index contributed by atoms with van der Waals surface area (Å²) in [6.07, 6.45) is 2.04. The molecular weight excluding hydrogens is 297 g/mol. The molecule has 3 rings (SSSR count). The predicted molar refractivity (Wildman–Crippen MR) is 84.5 cm³/mol. The zero-order valence-corrected chi connectivity index (χ0v) is 13.1. The maximum absolute atomic E-state index is 13.0. The van der Waals surface area contributed by atoms with Crippen molar-refractivity contribution in [3.63, 3.8) is 0 Å². The number of amides is 1. The molecule has 122 valence electrons. The average Bonchev–Trinajstić information content (AvgIpc) is 3.05. The van der Waals surface area contributed by atoms with Crippen LogP contribution in [0.2, 0.25) is 0 Å². The standard InChI is InChI=1S/C17H20FN3O2/c1-2-23-14-4-3-9-21(11-14)17(22)16-10-15(19-20-16)12-5-7-13(18)8-6-12/h5-8,10,14H,2-4,9,11H2,1H3,(H,19,20). The molecule has 0 bridgehead atoms. The van der Waals surface area contributed by atoms with Crippen LogP contribution in [0, 0.1) is 5.82 Å². The summed E-state index contributed by atoms with van der Waals surface area (Å²) in [5.41, 5.74) is 1.85. The fourth-order valence-electron chi connectivity index (χ4n) is 2.86. The fraction of sp³-hybridized carbons (Fsp3) is 0.412. The van der Waals surface area contributed by atoms with Crippen LogP contribution in [0.25, 0.3) is 11.3 Å². The van der Waals surface area contributed by atoms with Crippen LogP contribution >= 0.6 is 0 Å². The Balaban J connectivity index is 1.72. The zero-order chi connectivity index (χ0) is 16.2. The van der Waals surface area contributed by atoms with E-state index in [0.29, 0.717) is 24.5 Å². The number of piperidine rings is 1. The van der Waals surface area contributed by atoms with Crippen LogP contribution in [0.5, 0.6) is 0 Å². The molecule has 0 radical (unpaired) electrons. The van der Waals surface area contributed by atoms with Crippen LogP contribution in [0.1, 0.15) is 30.3 Å². The number of benzene rings is 1. The lowest BCUT2D eigenvalue weighted by molar-refractivity contribution is 0.00703. The Hall–Kier alpha value is -2.21. The monoisotopic (exact) mass is 317 g/mol. The SMILES string of the molecule is CCOC1CCCN(C(=O)c2cc(-c3ccc(F)cc3)n[nH]2)C1. The highest BCUT2D eigenvalue weighted by atomic mass is 19.1. The molecule has 0 saturated carbocycles. The van der Waals surface area contributed by atoms with Crippen molar-refractivity contribution in [1.29, 1.82) is 0 Å². The van der Waals surface area contributed by atoms with Gasteiger partial charge in [0.15, 0.2) is 0 Å². The van der Waals surface area contributed by atoms with Crippen molar-refractivity contribution in [3.05, 3.63) is 41.8 Å². The third kappa shape index (κ3) is 3.59. The molecule has 1 fully saturated rings. The van der Waals surface area contributed by atoms with E-state index >= 15 is 0 Å². The molecule has 1 amide bonds. The van der Waals surface area contributed by atoms with E-state index in [1.807, 2.05) is 6.92 Å². The van der Waals surface area contributed by atoms with Crippen LogP contribution in [-0.2, 0) is 4.74 Å². The van der Waals surface area contributed by atoms with Gasteiger partial charge in [-0.3, -0.25) is 9.89 Å². The Morgan fingerprint density at radius 1 is 1.43 bits per heavy atom. The van der Waals surface area contributed by atoms with Crippen LogP contribution in [0.15, 0.2) is 30.3 Å². The number of likely N-dealkylation sites (tertiary alicyclic amines) is 1. The Kier molecular flexibility index (Phi) is 4.71. The molecule has 1 aromatic carbocycles. The van der Waals surface area contributed by atoms with Gasteiger partial charge in [-0.15, -0.1) is 0 Å². The minimum Gasteiger partial charge on any atom is -0.377 e. The van der Waals surface area contributed by atoms with Gasteiger partial charge >= 0.3 is 0 Å². The van der Waals surface area contributed by atoms with Crippen molar-refractivity contribution in [1.82, 2.24) is 15.1 Å². The van der Waals surface area contributed by atoms with Gasteiger partial charge in [-0.1, -0.05) is 0 Å². The van der Waals surface area contributed by atoms with E-state index in [-0.39, 0.29) is 17.8 Å². The second-order valence-corrected chi connectivity index (χ2v) is 5.64. The molecular formula is C17H20FN3O2. The average molecular weight is 317 g/mol. The normalized spacial score (nSPS) is 18.2. The van der Waals surface area contributed by atoms with Gasteiger partial charge in [0.2, 0.25) is 0 Å². The van der Waals surface area contributed by atoms with Crippen LogP contribution in [0.3, 0.4) is 0 Å². The molecule has 1 aliphatic heterocycles. The number of carbonyl (C=O) groups is 1. The first-order valence-corrected chi connectivity index (χ1v) is 7.89. The molecule has 0 spiro atoms.